The molecule has 0 spiro atoms. The second kappa shape index (κ2) is 4.92. The fourth-order valence-corrected chi connectivity index (χ4v) is 2.16. The van der Waals surface area contributed by atoms with E-state index in [1.165, 1.54) is 6.20 Å². The van der Waals surface area contributed by atoms with Crippen LogP contribution in [0, 0.1) is 0 Å². The van der Waals surface area contributed by atoms with Gasteiger partial charge in [0.2, 0.25) is 0 Å². The van der Waals surface area contributed by atoms with E-state index in [4.69, 9.17) is 34.0 Å². The van der Waals surface area contributed by atoms with Crippen molar-refractivity contribution in [3.8, 4) is 11.1 Å². The lowest BCUT2D eigenvalue weighted by atomic mass is 10.0. The molecule has 1 aromatic heterocycles. The monoisotopic (exact) mass is 268 g/mol. The first kappa shape index (κ1) is 12.2. The summed E-state index contributed by atoms with van der Waals surface area (Å²) in [5.41, 5.74) is 7.73. The number of rotatable bonds is 2. The maximum absolute atomic E-state index is 9.09. The number of aliphatic hydroxyl groups excluding tert-OH is 1. The van der Waals surface area contributed by atoms with Crippen molar-refractivity contribution in [2.75, 3.05) is 5.73 Å². The van der Waals surface area contributed by atoms with Crippen molar-refractivity contribution in [1.29, 1.82) is 0 Å². The van der Waals surface area contributed by atoms with Crippen LogP contribution in [0.2, 0.25) is 10.0 Å². The minimum absolute atomic E-state index is 0.109. The molecule has 0 saturated heterocycles. The first-order valence-corrected chi connectivity index (χ1v) is 5.68. The zero-order valence-corrected chi connectivity index (χ0v) is 10.3. The highest BCUT2D eigenvalue weighted by Crippen LogP contribution is 2.37. The summed E-state index contributed by atoms with van der Waals surface area (Å²) in [5.74, 6) is 0.331. The van der Waals surface area contributed by atoms with Gasteiger partial charge in [-0.2, -0.15) is 0 Å². The SMILES string of the molecule is Nc1ncc(CO)cc1-c1c(Cl)cccc1Cl. The van der Waals surface area contributed by atoms with Crippen molar-refractivity contribution in [3.05, 3.63) is 46.1 Å². The van der Waals surface area contributed by atoms with Gasteiger partial charge in [-0.05, 0) is 23.8 Å². The molecule has 0 aliphatic carbocycles. The fourth-order valence-electron chi connectivity index (χ4n) is 1.56. The maximum Gasteiger partial charge on any atom is 0.131 e. The van der Waals surface area contributed by atoms with Crippen molar-refractivity contribution in [3.63, 3.8) is 0 Å². The maximum atomic E-state index is 9.09. The predicted octanol–water partition coefficient (Wildman–Crippen LogP) is 3.13. The molecule has 2 aromatic rings. The largest absolute Gasteiger partial charge is 0.392 e. The molecule has 0 amide bonds. The summed E-state index contributed by atoms with van der Waals surface area (Å²) in [4.78, 5) is 4.01. The number of nitrogen functional groups attached to an aromatic ring is 1. The molecule has 0 fully saturated rings. The molecule has 3 nitrogen and oxygen atoms in total. The van der Waals surface area contributed by atoms with E-state index in [0.29, 0.717) is 32.6 Å². The van der Waals surface area contributed by atoms with Gasteiger partial charge in [-0.15, -0.1) is 0 Å². The van der Waals surface area contributed by atoms with Gasteiger partial charge in [0.25, 0.3) is 0 Å². The summed E-state index contributed by atoms with van der Waals surface area (Å²) in [5, 5.41) is 10.1. The van der Waals surface area contributed by atoms with Crippen LogP contribution in [0.4, 0.5) is 5.82 Å². The highest BCUT2D eigenvalue weighted by molar-refractivity contribution is 6.39. The number of aromatic nitrogens is 1. The molecule has 1 aromatic carbocycles. The van der Waals surface area contributed by atoms with Crippen LogP contribution in [0.15, 0.2) is 30.5 Å². The van der Waals surface area contributed by atoms with Gasteiger partial charge in [0.05, 0.1) is 16.7 Å². The molecule has 0 atom stereocenters. The normalized spacial score (nSPS) is 10.5. The number of hydrogen-bond donors (Lipinski definition) is 2. The first-order chi connectivity index (χ1) is 8.13. The van der Waals surface area contributed by atoms with E-state index in [2.05, 4.69) is 4.98 Å². The van der Waals surface area contributed by atoms with Crippen molar-refractivity contribution in [2.24, 2.45) is 0 Å². The zero-order valence-electron chi connectivity index (χ0n) is 8.82. The van der Waals surface area contributed by atoms with Crippen LogP contribution in [0.25, 0.3) is 11.1 Å². The average molecular weight is 269 g/mol. The highest BCUT2D eigenvalue weighted by atomic mass is 35.5. The van der Waals surface area contributed by atoms with Crippen LogP contribution in [0.3, 0.4) is 0 Å². The van der Waals surface area contributed by atoms with Crippen LogP contribution in [0.5, 0.6) is 0 Å². The Hall–Kier alpha value is -1.29. The summed E-state index contributed by atoms with van der Waals surface area (Å²) in [6.45, 7) is -0.109. The van der Waals surface area contributed by atoms with Crippen molar-refractivity contribution in [2.45, 2.75) is 6.61 Å². The van der Waals surface area contributed by atoms with Gasteiger partial charge >= 0.3 is 0 Å². The van der Waals surface area contributed by atoms with Crippen LogP contribution in [-0.2, 0) is 6.61 Å². The van der Waals surface area contributed by atoms with Gasteiger partial charge in [0, 0.05) is 17.3 Å². The summed E-state index contributed by atoms with van der Waals surface area (Å²) in [6, 6.07) is 6.95. The van der Waals surface area contributed by atoms with Gasteiger partial charge in [0.15, 0.2) is 0 Å². The second-order valence-corrected chi connectivity index (χ2v) is 4.35. The van der Waals surface area contributed by atoms with Gasteiger partial charge in [-0.1, -0.05) is 29.3 Å². The molecule has 88 valence electrons. The first-order valence-electron chi connectivity index (χ1n) is 4.93. The molecule has 0 aliphatic heterocycles. The Balaban J connectivity index is 2.67. The molecule has 0 saturated carbocycles. The molecule has 0 radical (unpaired) electrons. The molecule has 0 bridgehead atoms. The lowest BCUT2D eigenvalue weighted by Gasteiger charge is -2.10. The summed E-state index contributed by atoms with van der Waals surface area (Å²) in [7, 11) is 0. The smallest absolute Gasteiger partial charge is 0.131 e. The van der Waals surface area contributed by atoms with Crippen LogP contribution in [-0.4, -0.2) is 10.1 Å². The van der Waals surface area contributed by atoms with Crippen LogP contribution in [0.1, 0.15) is 5.56 Å². The van der Waals surface area contributed by atoms with Gasteiger partial charge in [0.1, 0.15) is 5.82 Å². The average Bonchev–Trinajstić information content (AvgIpc) is 2.31. The quantitative estimate of drug-likeness (QED) is 0.880. The van der Waals surface area contributed by atoms with E-state index in [1.807, 2.05) is 0 Å². The van der Waals surface area contributed by atoms with Gasteiger partial charge in [-0.3, -0.25) is 0 Å². The Kier molecular flexibility index (Phi) is 3.52. The molecule has 3 N–H and O–H groups in total. The van der Waals surface area contributed by atoms with E-state index < -0.39 is 0 Å². The topological polar surface area (TPSA) is 59.1 Å². The lowest BCUT2D eigenvalue weighted by Crippen LogP contribution is -1.97. The second-order valence-electron chi connectivity index (χ2n) is 3.53. The van der Waals surface area contributed by atoms with E-state index in [-0.39, 0.29) is 6.61 Å². The molecule has 2 rings (SSSR count). The van der Waals surface area contributed by atoms with Gasteiger partial charge < -0.3 is 10.8 Å². The van der Waals surface area contributed by atoms with Crippen LogP contribution < -0.4 is 5.73 Å². The molecule has 0 aliphatic rings. The standard InChI is InChI=1S/C12H10Cl2N2O/c13-9-2-1-3-10(14)11(9)8-4-7(6-17)5-16-12(8)15/h1-5,17H,6H2,(H2,15,16). The Labute approximate surface area is 109 Å². The number of hydrogen-bond acceptors (Lipinski definition) is 3. The molecular weight excluding hydrogens is 259 g/mol. The van der Waals surface area contributed by atoms with Crippen molar-refractivity contribution >= 4 is 29.0 Å². The molecule has 5 heteroatoms. The van der Waals surface area contributed by atoms with E-state index in [9.17, 15) is 0 Å². The van der Waals surface area contributed by atoms with E-state index in [1.54, 1.807) is 24.3 Å². The third-order valence-electron chi connectivity index (χ3n) is 2.39. The third-order valence-corrected chi connectivity index (χ3v) is 3.02. The molecule has 17 heavy (non-hydrogen) atoms. The Morgan fingerprint density at radius 3 is 2.47 bits per heavy atom. The summed E-state index contributed by atoms with van der Waals surface area (Å²) < 4.78 is 0. The number of aliphatic hydroxyl groups is 1. The number of benzene rings is 1. The number of nitrogens with two attached hydrogens (primary N) is 1. The number of nitrogens with zero attached hydrogens (tertiary/aromatic N) is 1. The predicted molar refractivity (Wildman–Crippen MR) is 70.0 cm³/mol. The Bertz CT molecular complexity index is 538. The number of anilines is 1. The Morgan fingerprint density at radius 2 is 1.88 bits per heavy atom. The third kappa shape index (κ3) is 2.36. The molecule has 0 unspecified atom stereocenters. The summed E-state index contributed by atoms with van der Waals surface area (Å²) in [6.07, 6.45) is 1.52. The highest BCUT2D eigenvalue weighted by Gasteiger charge is 2.12. The number of halogens is 2. The Morgan fingerprint density at radius 1 is 1.24 bits per heavy atom. The minimum Gasteiger partial charge on any atom is -0.392 e. The number of pyridine rings is 1. The van der Waals surface area contributed by atoms with Crippen molar-refractivity contribution in [1.82, 2.24) is 4.98 Å². The fraction of sp³-hybridized carbons (Fsp3) is 0.0833. The minimum atomic E-state index is -0.109. The van der Waals surface area contributed by atoms with Gasteiger partial charge in [-0.25, -0.2) is 4.98 Å². The lowest BCUT2D eigenvalue weighted by molar-refractivity contribution is 0.281. The zero-order chi connectivity index (χ0) is 12.4. The van der Waals surface area contributed by atoms with Crippen molar-refractivity contribution < 1.29 is 5.11 Å². The van der Waals surface area contributed by atoms with E-state index in [0.717, 1.165) is 0 Å². The van der Waals surface area contributed by atoms with E-state index >= 15 is 0 Å². The molecule has 1 heterocycles. The summed E-state index contributed by atoms with van der Waals surface area (Å²) >= 11 is 12.2. The van der Waals surface area contributed by atoms with Crippen LogP contribution >= 0.6 is 23.2 Å². The molecular formula is C12H10Cl2N2O.